The molecule has 1 aliphatic heterocycles. The molecule has 1 N–H and O–H groups in total. The molecule has 0 radical (unpaired) electrons. The van der Waals surface area contributed by atoms with Gasteiger partial charge in [-0.1, -0.05) is 25.4 Å². The Balaban J connectivity index is 2.10. The minimum absolute atomic E-state index is 0.0742. The van der Waals surface area contributed by atoms with E-state index in [1.54, 1.807) is 6.07 Å². The summed E-state index contributed by atoms with van der Waals surface area (Å²) in [5.74, 6) is 1.07. The summed E-state index contributed by atoms with van der Waals surface area (Å²) in [7, 11) is 0. The molecule has 0 aromatic heterocycles. The van der Waals surface area contributed by atoms with Crippen LogP contribution >= 0.6 is 23.4 Å². The molecule has 6 heteroatoms. The number of fused-ring (bicyclic) bond motifs is 1. The highest BCUT2D eigenvalue weighted by molar-refractivity contribution is 7.99. The molecule has 1 unspecified atom stereocenters. The highest BCUT2D eigenvalue weighted by Crippen LogP contribution is 2.39. The Morgan fingerprint density at radius 2 is 2.10 bits per heavy atom. The number of thioether (sulfide) groups is 1. The average Bonchev–Trinajstić information content (AvgIpc) is 2.38. The number of ether oxygens (including phenoxy) is 2. The van der Waals surface area contributed by atoms with Gasteiger partial charge in [-0.3, -0.25) is 4.79 Å². The second kappa shape index (κ2) is 6.59. The Morgan fingerprint density at radius 1 is 1.40 bits per heavy atom. The normalized spacial score (nSPS) is 15.2. The van der Waals surface area contributed by atoms with Crippen LogP contribution in [0.15, 0.2) is 12.1 Å². The largest absolute Gasteiger partial charge is 0.486 e. The summed E-state index contributed by atoms with van der Waals surface area (Å²) in [6, 6.07) is 3.67. The lowest BCUT2D eigenvalue weighted by atomic mass is 10.1. The van der Waals surface area contributed by atoms with Gasteiger partial charge in [0.1, 0.15) is 18.5 Å². The van der Waals surface area contributed by atoms with E-state index in [1.807, 2.05) is 19.9 Å². The molecule has 1 aromatic rings. The van der Waals surface area contributed by atoms with E-state index in [0.29, 0.717) is 35.5 Å². The van der Waals surface area contributed by atoms with Crippen LogP contribution in [0, 0.1) is 5.92 Å². The van der Waals surface area contributed by atoms with Crippen LogP contribution in [0.4, 0.5) is 0 Å². The summed E-state index contributed by atoms with van der Waals surface area (Å²) in [4.78, 5) is 11.2. The van der Waals surface area contributed by atoms with Crippen molar-refractivity contribution in [2.24, 2.45) is 5.92 Å². The highest BCUT2D eigenvalue weighted by Gasteiger charge is 2.23. The number of carbonyl (C=O) groups is 1. The molecule has 2 rings (SSSR count). The molecule has 0 saturated heterocycles. The van der Waals surface area contributed by atoms with Gasteiger partial charge >= 0.3 is 5.97 Å². The molecule has 0 amide bonds. The van der Waals surface area contributed by atoms with Crippen LogP contribution in [0.2, 0.25) is 5.02 Å². The maximum atomic E-state index is 11.2. The predicted octanol–water partition coefficient (Wildman–Crippen LogP) is 3.45. The number of rotatable bonds is 5. The van der Waals surface area contributed by atoms with Crippen molar-refractivity contribution in [1.29, 1.82) is 0 Å². The quantitative estimate of drug-likeness (QED) is 0.901. The summed E-state index contributed by atoms with van der Waals surface area (Å²) in [5, 5.41) is 9.26. The molecule has 20 heavy (non-hydrogen) atoms. The topological polar surface area (TPSA) is 55.8 Å². The van der Waals surface area contributed by atoms with E-state index >= 15 is 0 Å². The Kier molecular flexibility index (Phi) is 5.05. The number of carboxylic acid groups (broad SMARTS) is 1. The summed E-state index contributed by atoms with van der Waals surface area (Å²) >= 11 is 7.55. The average molecular weight is 317 g/mol. The van der Waals surface area contributed by atoms with Gasteiger partial charge in [0.05, 0.1) is 5.02 Å². The van der Waals surface area contributed by atoms with Crippen LogP contribution in [-0.2, 0) is 10.5 Å². The predicted molar refractivity (Wildman–Crippen MR) is 80.0 cm³/mol. The van der Waals surface area contributed by atoms with Gasteiger partial charge in [-0.15, -0.1) is 11.8 Å². The molecule has 1 atom stereocenters. The van der Waals surface area contributed by atoms with Gasteiger partial charge in [0.25, 0.3) is 0 Å². The van der Waals surface area contributed by atoms with Crippen LogP contribution in [0.5, 0.6) is 11.5 Å². The minimum Gasteiger partial charge on any atom is -0.486 e. The van der Waals surface area contributed by atoms with Crippen molar-refractivity contribution in [3.05, 3.63) is 22.7 Å². The fourth-order valence-electron chi connectivity index (χ4n) is 1.98. The summed E-state index contributed by atoms with van der Waals surface area (Å²) in [6.45, 7) is 4.81. The summed E-state index contributed by atoms with van der Waals surface area (Å²) in [5.41, 5.74) is 0.941. The zero-order chi connectivity index (χ0) is 14.7. The Morgan fingerprint density at radius 3 is 2.75 bits per heavy atom. The summed E-state index contributed by atoms with van der Waals surface area (Å²) < 4.78 is 11.0. The lowest BCUT2D eigenvalue weighted by Crippen LogP contribution is -2.22. The Hall–Kier alpha value is -1.07. The standard InChI is InChI=1S/C14H17ClO4S/c1-8(2)13(14(16)17)20-7-9-5-10(15)12-11(6-9)18-3-4-19-12/h5-6,8,13H,3-4,7H2,1-2H3,(H,16,17). The Bertz CT molecular complexity index is 504. The van der Waals surface area contributed by atoms with Gasteiger partial charge in [-0.25, -0.2) is 0 Å². The van der Waals surface area contributed by atoms with Gasteiger partial charge < -0.3 is 14.6 Å². The SMILES string of the molecule is CC(C)C(SCc1cc(Cl)c2c(c1)OCCO2)C(=O)O. The molecule has 0 bridgehead atoms. The van der Waals surface area contributed by atoms with Crippen LogP contribution in [-0.4, -0.2) is 29.5 Å². The highest BCUT2D eigenvalue weighted by atomic mass is 35.5. The molecule has 0 aliphatic carbocycles. The number of hydrogen-bond acceptors (Lipinski definition) is 4. The van der Waals surface area contributed by atoms with Crippen molar-refractivity contribution in [3.63, 3.8) is 0 Å². The van der Waals surface area contributed by atoms with Crippen molar-refractivity contribution in [3.8, 4) is 11.5 Å². The van der Waals surface area contributed by atoms with Crippen molar-refractivity contribution in [1.82, 2.24) is 0 Å². The van der Waals surface area contributed by atoms with Gasteiger partial charge in [-0.2, -0.15) is 0 Å². The van der Waals surface area contributed by atoms with Crippen molar-refractivity contribution >= 4 is 29.3 Å². The zero-order valence-electron chi connectivity index (χ0n) is 11.4. The molecule has 0 saturated carbocycles. The fourth-order valence-corrected chi connectivity index (χ4v) is 3.34. The molecular weight excluding hydrogens is 300 g/mol. The van der Waals surface area contributed by atoms with Gasteiger partial charge in [0, 0.05) is 5.75 Å². The molecule has 1 aliphatic rings. The third-order valence-electron chi connectivity index (χ3n) is 2.94. The Labute approximate surface area is 127 Å². The van der Waals surface area contributed by atoms with Crippen molar-refractivity contribution in [2.75, 3.05) is 13.2 Å². The van der Waals surface area contributed by atoms with Gasteiger partial charge in [0.15, 0.2) is 11.5 Å². The number of aliphatic carboxylic acids is 1. The molecule has 0 spiro atoms. The molecule has 1 heterocycles. The second-order valence-electron chi connectivity index (χ2n) is 4.92. The van der Waals surface area contributed by atoms with E-state index in [4.69, 9.17) is 21.1 Å². The van der Waals surface area contributed by atoms with Crippen LogP contribution < -0.4 is 9.47 Å². The maximum Gasteiger partial charge on any atom is 0.316 e. The van der Waals surface area contributed by atoms with E-state index < -0.39 is 11.2 Å². The van der Waals surface area contributed by atoms with E-state index in [9.17, 15) is 9.90 Å². The summed E-state index contributed by atoms with van der Waals surface area (Å²) in [6.07, 6.45) is 0. The lowest BCUT2D eigenvalue weighted by Gasteiger charge is -2.21. The second-order valence-corrected chi connectivity index (χ2v) is 6.45. The number of halogens is 1. The zero-order valence-corrected chi connectivity index (χ0v) is 13.0. The molecule has 110 valence electrons. The van der Waals surface area contributed by atoms with E-state index in [0.717, 1.165) is 5.56 Å². The lowest BCUT2D eigenvalue weighted by molar-refractivity contribution is -0.137. The first-order chi connectivity index (χ1) is 9.49. The first-order valence-corrected chi connectivity index (χ1v) is 7.84. The first kappa shape index (κ1) is 15.3. The number of benzene rings is 1. The van der Waals surface area contributed by atoms with E-state index in [2.05, 4.69) is 0 Å². The van der Waals surface area contributed by atoms with Crippen LogP contribution in [0.3, 0.4) is 0 Å². The molecular formula is C14H17ClO4S. The molecule has 0 fully saturated rings. The van der Waals surface area contributed by atoms with Crippen molar-refractivity contribution < 1.29 is 19.4 Å². The fraction of sp³-hybridized carbons (Fsp3) is 0.500. The third kappa shape index (κ3) is 3.52. The number of hydrogen-bond donors (Lipinski definition) is 1. The first-order valence-electron chi connectivity index (χ1n) is 6.41. The van der Waals surface area contributed by atoms with Crippen LogP contribution in [0.25, 0.3) is 0 Å². The van der Waals surface area contributed by atoms with Crippen LogP contribution in [0.1, 0.15) is 19.4 Å². The molecule has 4 nitrogen and oxygen atoms in total. The van der Waals surface area contributed by atoms with Crippen molar-refractivity contribution in [2.45, 2.75) is 24.9 Å². The number of carboxylic acids is 1. The molecule has 1 aromatic carbocycles. The van der Waals surface area contributed by atoms with Gasteiger partial charge in [0.2, 0.25) is 0 Å². The third-order valence-corrected chi connectivity index (χ3v) is 4.82. The van der Waals surface area contributed by atoms with E-state index in [1.165, 1.54) is 11.8 Å². The van der Waals surface area contributed by atoms with Gasteiger partial charge in [-0.05, 0) is 23.6 Å². The monoisotopic (exact) mass is 316 g/mol. The van der Waals surface area contributed by atoms with E-state index in [-0.39, 0.29) is 5.92 Å². The minimum atomic E-state index is -0.784. The maximum absolute atomic E-state index is 11.2. The smallest absolute Gasteiger partial charge is 0.316 e.